The molecule has 118 valence electrons. The average molecular weight is 302 g/mol. The van der Waals surface area contributed by atoms with Gasteiger partial charge in [-0.15, -0.1) is 0 Å². The van der Waals surface area contributed by atoms with Gasteiger partial charge in [0, 0.05) is 5.70 Å². The topological polar surface area (TPSA) is 67.4 Å². The Hall–Kier alpha value is -2.30. The fraction of sp³-hybridized carbons (Fsp3) is 0.412. The maximum Gasteiger partial charge on any atom is 0.338 e. The highest BCUT2D eigenvalue weighted by Crippen LogP contribution is 2.32. The Bertz CT molecular complexity index is 639. The number of carbonyl (C=O) groups excluding carboxylic acids is 2. The predicted molar refractivity (Wildman–Crippen MR) is 84.4 cm³/mol. The van der Waals surface area contributed by atoms with E-state index in [4.69, 9.17) is 4.74 Å². The summed E-state index contributed by atoms with van der Waals surface area (Å²) < 4.78 is 5.15. The molecule has 1 aliphatic rings. The molecule has 22 heavy (non-hydrogen) atoms. The van der Waals surface area contributed by atoms with Crippen molar-refractivity contribution in [1.29, 1.82) is 0 Å². The zero-order valence-corrected chi connectivity index (χ0v) is 13.7. The first kappa shape index (κ1) is 16.1. The molecule has 2 amide bonds. The first-order valence-corrected chi connectivity index (χ1v) is 7.38. The lowest BCUT2D eigenvalue weighted by Crippen LogP contribution is -2.45. The van der Waals surface area contributed by atoms with Crippen LogP contribution in [0.15, 0.2) is 23.4 Å². The van der Waals surface area contributed by atoms with Gasteiger partial charge in [0.05, 0.1) is 18.2 Å². The molecule has 0 radical (unpaired) electrons. The zero-order valence-electron chi connectivity index (χ0n) is 13.7. The Kier molecular flexibility index (Phi) is 4.54. The van der Waals surface area contributed by atoms with Gasteiger partial charge in [-0.3, -0.25) is 0 Å². The number of aryl methyl sites for hydroxylation is 3. The van der Waals surface area contributed by atoms with Crippen molar-refractivity contribution >= 4 is 12.0 Å². The molecule has 0 unspecified atom stereocenters. The van der Waals surface area contributed by atoms with Crippen LogP contribution in [0.4, 0.5) is 4.79 Å². The minimum absolute atomic E-state index is 0.294. The molecule has 1 aliphatic heterocycles. The molecule has 0 aliphatic carbocycles. The number of allylic oxidation sites excluding steroid dienone is 1. The molecule has 0 saturated heterocycles. The van der Waals surface area contributed by atoms with Crippen LogP contribution in [0.25, 0.3) is 0 Å². The summed E-state index contributed by atoms with van der Waals surface area (Å²) >= 11 is 0. The largest absolute Gasteiger partial charge is 0.463 e. The van der Waals surface area contributed by atoms with Crippen molar-refractivity contribution in [3.05, 3.63) is 45.7 Å². The van der Waals surface area contributed by atoms with Gasteiger partial charge in [0.1, 0.15) is 0 Å². The summed E-state index contributed by atoms with van der Waals surface area (Å²) in [4.78, 5) is 24.2. The summed E-state index contributed by atoms with van der Waals surface area (Å²) in [6, 6.07) is 3.30. The highest BCUT2D eigenvalue weighted by Gasteiger charge is 2.33. The molecule has 2 rings (SSSR count). The predicted octanol–water partition coefficient (Wildman–Crippen LogP) is 2.80. The van der Waals surface area contributed by atoms with Crippen LogP contribution in [0.3, 0.4) is 0 Å². The van der Waals surface area contributed by atoms with Gasteiger partial charge in [0.2, 0.25) is 0 Å². The Balaban J connectivity index is 2.58. The Morgan fingerprint density at radius 1 is 1.18 bits per heavy atom. The Morgan fingerprint density at radius 3 is 2.32 bits per heavy atom. The number of benzene rings is 1. The van der Waals surface area contributed by atoms with Gasteiger partial charge >= 0.3 is 12.0 Å². The fourth-order valence-electron chi connectivity index (χ4n) is 3.04. The van der Waals surface area contributed by atoms with E-state index in [-0.39, 0.29) is 6.03 Å². The van der Waals surface area contributed by atoms with Crippen molar-refractivity contribution in [2.24, 2.45) is 0 Å². The third kappa shape index (κ3) is 2.98. The molecular formula is C17H22N2O3. The van der Waals surface area contributed by atoms with Gasteiger partial charge in [0.25, 0.3) is 0 Å². The van der Waals surface area contributed by atoms with E-state index in [1.54, 1.807) is 13.8 Å². The Labute approximate surface area is 130 Å². The highest BCUT2D eigenvalue weighted by atomic mass is 16.5. The lowest BCUT2D eigenvalue weighted by atomic mass is 9.88. The van der Waals surface area contributed by atoms with Crippen molar-refractivity contribution in [1.82, 2.24) is 10.6 Å². The van der Waals surface area contributed by atoms with E-state index in [1.807, 2.05) is 20.8 Å². The van der Waals surface area contributed by atoms with Gasteiger partial charge in [0.15, 0.2) is 0 Å². The summed E-state index contributed by atoms with van der Waals surface area (Å²) in [7, 11) is 0. The summed E-state index contributed by atoms with van der Waals surface area (Å²) in [6.45, 7) is 9.78. The van der Waals surface area contributed by atoms with Crippen LogP contribution in [0, 0.1) is 20.8 Å². The van der Waals surface area contributed by atoms with Crippen molar-refractivity contribution in [3.63, 3.8) is 0 Å². The molecule has 1 heterocycles. The molecule has 0 aromatic heterocycles. The number of nitrogens with one attached hydrogen (secondary N) is 2. The minimum atomic E-state index is -0.492. The number of urea groups is 1. The lowest BCUT2D eigenvalue weighted by Gasteiger charge is -2.30. The van der Waals surface area contributed by atoms with E-state index in [1.165, 1.54) is 0 Å². The fourth-order valence-corrected chi connectivity index (χ4v) is 3.04. The second-order valence-corrected chi connectivity index (χ2v) is 5.60. The van der Waals surface area contributed by atoms with E-state index >= 15 is 0 Å². The number of carbonyl (C=O) groups is 2. The zero-order chi connectivity index (χ0) is 16.4. The van der Waals surface area contributed by atoms with Crippen molar-refractivity contribution in [2.75, 3.05) is 6.61 Å². The molecule has 0 saturated carbocycles. The number of amides is 2. The molecule has 5 heteroatoms. The number of rotatable bonds is 3. The van der Waals surface area contributed by atoms with Crippen LogP contribution < -0.4 is 10.6 Å². The van der Waals surface area contributed by atoms with Gasteiger partial charge in [-0.25, -0.2) is 9.59 Å². The molecule has 0 spiro atoms. The average Bonchev–Trinajstić information content (AvgIpc) is 2.36. The van der Waals surface area contributed by atoms with Crippen LogP contribution in [0.2, 0.25) is 0 Å². The third-order valence-electron chi connectivity index (χ3n) is 3.79. The van der Waals surface area contributed by atoms with Crippen LogP contribution in [-0.4, -0.2) is 18.6 Å². The first-order valence-electron chi connectivity index (χ1n) is 7.38. The lowest BCUT2D eigenvalue weighted by molar-refractivity contribution is -0.139. The molecule has 5 nitrogen and oxygen atoms in total. The summed E-state index contributed by atoms with van der Waals surface area (Å²) in [6.07, 6.45) is 0. The standard InChI is InChI=1S/C17H22N2O3/c1-6-22-16(20)14-12(5)18-17(21)19-15(14)13-10(3)7-9(2)8-11(13)4/h7-8,15H,6H2,1-5H3,(H2,18,19,21)/t15-/m0/s1. The number of ether oxygens (including phenoxy) is 1. The summed E-state index contributed by atoms with van der Waals surface area (Å²) in [5.41, 5.74) is 5.17. The molecular weight excluding hydrogens is 280 g/mol. The summed E-state index contributed by atoms with van der Waals surface area (Å²) in [5.74, 6) is -0.406. The van der Waals surface area contributed by atoms with Gasteiger partial charge in [-0.05, 0) is 51.3 Å². The van der Waals surface area contributed by atoms with E-state index in [0.29, 0.717) is 17.9 Å². The van der Waals surface area contributed by atoms with Gasteiger partial charge in [-0.1, -0.05) is 17.7 Å². The van der Waals surface area contributed by atoms with E-state index in [9.17, 15) is 9.59 Å². The van der Waals surface area contributed by atoms with E-state index in [0.717, 1.165) is 22.3 Å². The molecule has 0 bridgehead atoms. The van der Waals surface area contributed by atoms with Crippen molar-refractivity contribution in [3.8, 4) is 0 Å². The van der Waals surface area contributed by atoms with E-state index < -0.39 is 12.0 Å². The normalized spacial score (nSPS) is 17.9. The minimum Gasteiger partial charge on any atom is -0.463 e. The van der Waals surface area contributed by atoms with Crippen LogP contribution in [0.1, 0.15) is 42.1 Å². The first-order chi connectivity index (χ1) is 10.3. The maximum absolute atomic E-state index is 12.3. The SMILES string of the molecule is CCOC(=O)C1=C(C)NC(=O)N[C@H]1c1c(C)cc(C)cc1C. The number of esters is 1. The van der Waals surface area contributed by atoms with E-state index in [2.05, 4.69) is 22.8 Å². The monoisotopic (exact) mass is 302 g/mol. The molecule has 2 N–H and O–H groups in total. The third-order valence-corrected chi connectivity index (χ3v) is 3.79. The van der Waals surface area contributed by atoms with Crippen LogP contribution in [-0.2, 0) is 9.53 Å². The number of hydrogen-bond acceptors (Lipinski definition) is 3. The Morgan fingerprint density at radius 2 is 1.77 bits per heavy atom. The van der Waals surface area contributed by atoms with Gasteiger partial charge in [-0.2, -0.15) is 0 Å². The smallest absolute Gasteiger partial charge is 0.338 e. The second-order valence-electron chi connectivity index (χ2n) is 5.60. The maximum atomic E-state index is 12.3. The van der Waals surface area contributed by atoms with Crippen molar-refractivity contribution < 1.29 is 14.3 Å². The molecule has 1 aromatic carbocycles. The molecule has 1 aromatic rings. The highest BCUT2D eigenvalue weighted by molar-refractivity contribution is 5.95. The summed E-state index contributed by atoms with van der Waals surface area (Å²) in [5, 5.41) is 5.49. The number of hydrogen-bond donors (Lipinski definition) is 2. The van der Waals surface area contributed by atoms with Crippen LogP contribution >= 0.6 is 0 Å². The van der Waals surface area contributed by atoms with Crippen molar-refractivity contribution in [2.45, 2.75) is 40.7 Å². The van der Waals surface area contributed by atoms with Gasteiger partial charge < -0.3 is 15.4 Å². The quantitative estimate of drug-likeness (QED) is 0.844. The van der Waals surface area contributed by atoms with Crippen LogP contribution in [0.5, 0.6) is 0 Å². The molecule has 0 fully saturated rings. The molecule has 1 atom stereocenters. The second kappa shape index (κ2) is 6.22.